The highest BCUT2D eigenvalue weighted by molar-refractivity contribution is 5.71. The van der Waals surface area contributed by atoms with E-state index in [0.29, 0.717) is 18.4 Å². The fourth-order valence-corrected chi connectivity index (χ4v) is 3.23. The van der Waals surface area contributed by atoms with Crippen LogP contribution in [0.15, 0.2) is 18.3 Å². The number of fused-ring (bicyclic) bond motifs is 1. The zero-order valence-electron chi connectivity index (χ0n) is 12.9. The number of rotatable bonds is 5. The number of aliphatic hydroxyl groups is 1. The van der Waals surface area contributed by atoms with Crippen molar-refractivity contribution >= 4 is 11.2 Å². The van der Waals surface area contributed by atoms with E-state index in [1.807, 2.05) is 18.3 Å². The van der Waals surface area contributed by atoms with E-state index >= 15 is 0 Å². The minimum Gasteiger partial charge on any atom is -0.396 e. The molecule has 5 heteroatoms. The third kappa shape index (κ3) is 2.94. The highest BCUT2D eigenvalue weighted by atomic mass is 16.3. The minimum absolute atomic E-state index is 0.131. The maximum absolute atomic E-state index is 9.26. The van der Waals surface area contributed by atoms with Crippen molar-refractivity contribution in [1.82, 2.24) is 19.4 Å². The first-order valence-corrected chi connectivity index (χ1v) is 7.84. The van der Waals surface area contributed by atoms with Crippen LogP contribution in [-0.4, -0.2) is 50.3 Å². The van der Waals surface area contributed by atoms with Crippen molar-refractivity contribution in [3.8, 4) is 0 Å². The van der Waals surface area contributed by atoms with Crippen molar-refractivity contribution in [1.29, 1.82) is 0 Å². The van der Waals surface area contributed by atoms with Gasteiger partial charge >= 0.3 is 0 Å². The fraction of sp³-hybridized carbons (Fsp3) is 0.625. The van der Waals surface area contributed by atoms with Crippen molar-refractivity contribution in [3.05, 3.63) is 24.2 Å². The van der Waals surface area contributed by atoms with Crippen LogP contribution in [0.25, 0.3) is 11.2 Å². The number of likely N-dealkylation sites (tertiary alicyclic amines) is 1. The quantitative estimate of drug-likeness (QED) is 0.910. The summed E-state index contributed by atoms with van der Waals surface area (Å²) in [6.45, 7) is 7.92. The van der Waals surface area contributed by atoms with E-state index in [2.05, 4.69) is 33.3 Å². The molecule has 5 nitrogen and oxygen atoms in total. The van der Waals surface area contributed by atoms with Gasteiger partial charge in [-0.15, -0.1) is 0 Å². The third-order valence-electron chi connectivity index (χ3n) is 4.41. The molecule has 0 aromatic carbocycles. The number of pyridine rings is 1. The molecule has 1 unspecified atom stereocenters. The molecule has 0 radical (unpaired) electrons. The lowest BCUT2D eigenvalue weighted by Gasteiger charge is -2.20. The molecule has 1 N–H and O–H groups in total. The van der Waals surface area contributed by atoms with Crippen LogP contribution in [0, 0.1) is 5.92 Å². The van der Waals surface area contributed by atoms with Crippen molar-refractivity contribution in [2.45, 2.75) is 39.3 Å². The molecule has 1 aliphatic rings. The molecule has 0 amide bonds. The summed E-state index contributed by atoms with van der Waals surface area (Å²) in [6.07, 6.45) is 3.64. The summed E-state index contributed by atoms with van der Waals surface area (Å²) in [5.74, 6) is 1.60. The molecule has 2 aromatic rings. The van der Waals surface area contributed by atoms with Gasteiger partial charge in [-0.1, -0.05) is 0 Å². The number of hydrogen-bond donors (Lipinski definition) is 1. The number of hydrogen-bond acceptors (Lipinski definition) is 4. The Morgan fingerprint density at radius 2 is 2.29 bits per heavy atom. The number of aliphatic hydroxyl groups excluding tert-OH is 1. The lowest BCUT2D eigenvalue weighted by molar-refractivity contribution is 0.259. The first-order chi connectivity index (χ1) is 10.2. The number of imidazole rings is 1. The van der Waals surface area contributed by atoms with Crippen LogP contribution in [0.1, 0.15) is 26.1 Å². The second-order valence-electron chi connectivity index (χ2n) is 6.20. The van der Waals surface area contributed by atoms with Crippen LogP contribution in [0.4, 0.5) is 0 Å². The van der Waals surface area contributed by atoms with Crippen LogP contribution in [0.5, 0.6) is 0 Å². The van der Waals surface area contributed by atoms with E-state index < -0.39 is 0 Å². The van der Waals surface area contributed by atoms with Gasteiger partial charge in [-0.2, -0.15) is 0 Å². The third-order valence-corrected chi connectivity index (χ3v) is 4.41. The second kappa shape index (κ2) is 6.12. The molecular weight excluding hydrogens is 264 g/mol. The van der Waals surface area contributed by atoms with Crippen LogP contribution in [-0.2, 0) is 13.0 Å². The van der Waals surface area contributed by atoms with Gasteiger partial charge < -0.3 is 14.6 Å². The molecule has 1 atom stereocenters. The largest absolute Gasteiger partial charge is 0.396 e. The summed E-state index contributed by atoms with van der Waals surface area (Å²) < 4.78 is 2.21. The lowest BCUT2D eigenvalue weighted by Crippen LogP contribution is -2.29. The van der Waals surface area contributed by atoms with E-state index in [1.54, 1.807) is 0 Å². The Kier molecular flexibility index (Phi) is 4.22. The summed E-state index contributed by atoms with van der Waals surface area (Å²) >= 11 is 0. The van der Waals surface area contributed by atoms with E-state index in [0.717, 1.165) is 30.1 Å². The SMILES string of the molecule is CC(C)N1CCC(Cn2c(CCO)nc3cccnc32)C1. The number of aromatic nitrogens is 3. The molecule has 1 saturated heterocycles. The van der Waals surface area contributed by atoms with Gasteiger partial charge in [0.15, 0.2) is 5.65 Å². The van der Waals surface area contributed by atoms with Crippen molar-refractivity contribution in [2.75, 3.05) is 19.7 Å². The molecule has 3 heterocycles. The first-order valence-electron chi connectivity index (χ1n) is 7.84. The van der Waals surface area contributed by atoms with E-state index in [9.17, 15) is 5.11 Å². The molecule has 1 aliphatic heterocycles. The Morgan fingerprint density at radius 1 is 1.43 bits per heavy atom. The molecule has 0 spiro atoms. The highest BCUT2D eigenvalue weighted by Crippen LogP contribution is 2.23. The van der Waals surface area contributed by atoms with E-state index in [4.69, 9.17) is 0 Å². The Morgan fingerprint density at radius 3 is 3.00 bits per heavy atom. The molecule has 0 aliphatic carbocycles. The maximum Gasteiger partial charge on any atom is 0.159 e. The molecule has 114 valence electrons. The Balaban J connectivity index is 1.84. The van der Waals surface area contributed by atoms with Gasteiger partial charge in [0, 0.05) is 31.7 Å². The smallest absolute Gasteiger partial charge is 0.159 e. The van der Waals surface area contributed by atoms with Crippen molar-refractivity contribution in [2.24, 2.45) is 5.92 Å². The lowest BCUT2D eigenvalue weighted by atomic mass is 10.1. The molecule has 21 heavy (non-hydrogen) atoms. The monoisotopic (exact) mass is 288 g/mol. The average Bonchev–Trinajstić information content (AvgIpc) is 3.06. The van der Waals surface area contributed by atoms with Crippen LogP contribution in [0.2, 0.25) is 0 Å². The molecule has 1 fully saturated rings. The van der Waals surface area contributed by atoms with Gasteiger partial charge in [0.25, 0.3) is 0 Å². The molecule has 3 rings (SSSR count). The normalized spacial score (nSPS) is 19.9. The summed E-state index contributed by atoms with van der Waals surface area (Å²) in [5, 5.41) is 9.26. The van der Waals surface area contributed by atoms with Crippen LogP contribution < -0.4 is 0 Å². The average molecular weight is 288 g/mol. The predicted octanol–water partition coefficient (Wildman–Crippen LogP) is 1.70. The zero-order valence-corrected chi connectivity index (χ0v) is 12.9. The summed E-state index contributed by atoms with van der Waals surface area (Å²) in [7, 11) is 0. The van der Waals surface area contributed by atoms with Gasteiger partial charge in [0.1, 0.15) is 11.3 Å². The number of nitrogens with zero attached hydrogens (tertiary/aromatic N) is 4. The summed E-state index contributed by atoms with van der Waals surface area (Å²) in [5.41, 5.74) is 1.88. The first kappa shape index (κ1) is 14.5. The Hall–Kier alpha value is -1.46. The van der Waals surface area contributed by atoms with Gasteiger partial charge in [-0.05, 0) is 44.9 Å². The molecular formula is C16H24N4O. The van der Waals surface area contributed by atoms with Crippen molar-refractivity contribution < 1.29 is 5.11 Å². The van der Waals surface area contributed by atoms with Gasteiger partial charge in [-0.3, -0.25) is 0 Å². The Bertz CT molecular complexity index is 607. The molecule has 0 bridgehead atoms. The topological polar surface area (TPSA) is 54.2 Å². The highest BCUT2D eigenvalue weighted by Gasteiger charge is 2.25. The predicted molar refractivity (Wildman–Crippen MR) is 83.1 cm³/mol. The second-order valence-corrected chi connectivity index (χ2v) is 6.20. The summed E-state index contributed by atoms with van der Waals surface area (Å²) in [6, 6.07) is 4.53. The van der Waals surface area contributed by atoms with Gasteiger partial charge in [0.05, 0.1) is 6.61 Å². The van der Waals surface area contributed by atoms with E-state index in [1.165, 1.54) is 13.0 Å². The minimum atomic E-state index is 0.131. The maximum atomic E-state index is 9.26. The zero-order chi connectivity index (χ0) is 14.8. The van der Waals surface area contributed by atoms with Crippen LogP contribution in [0.3, 0.4) is 0 Å². The van der Waals surface area contributed by atoms with Gasteiger partial charge in [-0.25, -0.2) is 9.97 Å². The van der Waals surface area contributed by atoms with Gasteiger partial charge in [0.2, 0.25) is 0 Å². The van der Waals surface area contributed by atoms with E-state index in [-0.39, 0.29) is 6.61 Å². The Labute approximate surface area is 125 Å². The fourth-order valence-electron chi connectivity index (χ4n) is 3.23. The molecule has 0 saturated carbocycles. The summed E-state index contributed by atoms with van der Waals surface area (Å²) in [4.78, 5) is 11.6. The standard InChI is InChI=1S/C16H24N4O/c1-12(2)19-8-5-13(10-19)11-20-15(6-9-21)18-14-4-3-7-17-16(14)20/h3-4,7,12-13,21H,5-6,8-11H2,1-2H3. The molecule has 2 aromatic heterocycles. The van der Waals surface area contributed by atoms with Crippen molar-refractivity contribution in [3.63, 3.8) is 0 Å². The van der Waals surface area contributed by atoms with Crippen LogP contribution >= 0.6 is 0 Å².